The Labute approximate surface area is 194 Å². The van der Waals surface area contributed by atoms with E-state index in [0.717, 1.165) is 51.6 Å². The van der Waals surface area contributed by atoms with Gasteiger partial charge in [0.25, 0.3) is 0 Å². The van der Waals surface area contributed by atoms with Gasteiger partial charge in [-0.2, -0.15) is 0 Å². The van der Waals surface area contributed by atoms with E-state index in [-0.39, 0.29) is 36.1 Å². The molecule has 0 spiro atoms. The molecular weight excluding hydrogens is 483 g/mol. The van der Waals surface area contributed by atoms with Crippen molar-refractivity contribution in [2.45, 2.75) is 71.9 Å². The second-order valence-corrected chi connectivity index (χ2v) is 8.73. The molecule has 170 valence electrons. The van der Waals surface area contributed by atoms with Crippen molar-refractivity contribution in [3.63, 3.8) is 0 Å². The number of carbonyl (C=O) groups is 1. The molecule has 0 aromatic carbocycles. The van der Waals surface area contributed by atoms with Gasteiger partial charge >= 0.3 is 6.09 Å². The van der Waals surface area contributed by atoms with E-state index in [1.165, 1.54) is 12.8 Å². The van der Waals surface area contributed by atoms with E-state index in [1.54, 1.807) is 0 Å². The summed E-state index contributed by atoms with van der Waals surface area (Å²) >= 11 is 0. The summed E-state index contributed by atoms with van der Waals surface area (Å²) in [4.78, 5) is 21.8. The highest BCUT2D eigenvalue weighted by molar-refractivity contribution is 14.0. The predicted molar refractivity (Wildman–Crippen MR) is 128 cm³/mol. The van der Waals surface area contributed by atoms with Gasteiger partial charge in [0.2, 0.25) is 0 Å². The van der Waals surface area contributed by atoms with Crippen LogP contribution in [-0.4, -0.2) is 79.4 Å². The van der Waals surface area contributed by atoms with Gasteiger partial charge in [-0.1, -0.05) is 0 Å². The molecule has 29 heavy (non-hydrogen) atoms. The summed E-state index contributed by atoms with van der Waals surface area (Å²) in [6, 6.07) is 0.248. The van der Waals surface area contributed by atoms with Crippen LogP contribution >= 0.6 is 24.0 Å². The van der Waals surface area contributed by atoms with Crippen molar-refractivity contribution in [3.05, 3.63) is 0 Å². The number of aliphatic imine (C=N–C) groups is 1. The molecule has 1 aliphatic carbocycles. The highest BCUT2D eigenvalue weighted by atomic mass is 127. The van der Waals surface area contributed by atoms with Gasteiger partial charge < -0.3 is 24.6 Å². The first-order chi connectivity index (χ1) is 13.3. The maximum absolute atomic E-state index is 12.8. The lowest BCUT2D eigenvalue weighted by atomic mass is 10.0. The van der Waals surface area contributed by atoms with Crippen LogP contribution in [0.3, 0.4) is 0 Å². The number of carbonyl (C=O) groups excluding carboxylic acids is 1. The molecule has 2 aliphatic rings. The van der Waals surface area contributed by atoms with Crippen molar-refractivity contribution in [2.75, 3.05) is 45.9 Å². The number of likely N-dealkylation sites (tertiary alicyclic amines) is 1. The number of rotatable bonds is 8. The number of nitrogens with zero attached hydrogens (tertiary/aromatic N) is 3. The first kappa shape index (κ1) is 26.3. The average Bonchev–Trinajstić information content (AvgIpc) is 3.45. The molecule has 1 saturated carbocycles. The van der Waals surface area contributed by atoms with Crippen molar-refractivity contribution >= 4 is 36.0 Å². The number of hydrogen-bond acceptors (Lipinski definition) is 4. The molecule has 0 aromatic heterocycles. The van der Waals surface area contributed by atoms with Crippen LogP contribution in [-0.2, 0) is 9.47 Å². The van der Waals surface area contributed by atoms with Gasteiger partial charge in [0.1, 0.15) is 5.60 Å². The van der Waals surface area contributed by atoms with E-state index < -0.39 is 5.60 Å². The van der Waals surface area contributed by atoms with Crippen LogP contribution in [0.2, 0.25) is 0 Å². The molecule has 2 fully saturated rings. The zero-order valence-corrected chi connectivity index (χ0v) is 21.2. The van der Waals surface area contributed by atoms with Crippen LogP contribution < -0.4 is 5.32 Å². The quantitative estimate of drug-likeness (QED) is 0.227. The highest BCUT2D eigenvalue weighted by Crippen LogP contribution is 2.32. The third-order valence-corrected chi connectivity index (χ3v) is 5.02. The maximum Gasteiger partial charge on any atom is 0.410 e. The summed E-state index contributed by atoms with van der Waals surface area (Å²) in [6.07, 6.45) is 4.20. The van der Waals surface area contributed by atoms with Crippen LogP contribution in [0.25, 0.3) is 0 Å². The highest BCUT2D eigenvalue weighted by Gasteiger charge is 2.35. The average molecular weight is 524 g/mol. The number of hydrogen-bond donors (Lipinski definition) is 1. The third kappa shape index (κ3) is 9.72. The Morgan fingerprint density at radius 1 is 1.17 bits per heavy atom. The summed E-state index contributed by atoms with van der Waals surface area (Å²) in [5, 5.41) is 3.38. The van der Waals surface area contributed by atoms with Gasteiger partial charge in [0.15, 0.2) is 5.96 Å². The molecular formula is C21H41IN4O3. The van der Waals surface area contributed by atoms with Crippen molar-refractivity contribution in [1.29, 1.82) is 0 Å². The first-order valence-corrected chi connectivity index (χ1v) is 10.9. The second-order valence-electron chi connectivity index (χ2n) is 8.73. The Balaban J connectivity index is 0.00000420. The summed E-state index contributed by atoms with van der Waals surface area (Å²) in [5.74, 6) is 1.61. The van der Waals surface area contributed by atoms with E-state index in [4.69, 9.17) is 9.47 Å². The number of nitrogens with one attached hydrogen (secondary N) is 1. The van der Waals surface area contributed by atoms with E-state index in [0.29, 0.717) is 19.1 Å². The van der Waals surface area contributed by atoms with Crippen LogP contribution in [0.5, 0.6) is 0 Å². The molecule has 1 amide bonds. The fourth-order valence-corrected chi connectivity index (χ4v) is 3.45. The SMILES string of the molecule is CCNC(=NCCOCC)N1CCC(N(CC2CC2)C(=O)OC(C)(C)C)CC1.I. The Hall–Kier alpha value is -0.770. The molecule has 0 bridgehead atoms. The lowest BCUT2D eigenvalue weighted by molar-refractivity contribution is 0.00927. The predicted octanol–water partition coefficient (Wildman–Crippen LogP) is 3.72. The Kier molecular flexibility index (Phi) is 11.6. The second kappa shape index (κ2) is 12.8. The van der Waals surface area contributed by atoms with E-state index in [1.807, 2.05) is 32.6 Å². The van der Waals surface area contributed by atoms with Crippen LogP contribution in [0.4, 0.5) is 4.79 Å². The van der Waals surface area contributed by atoms with Gasteiger partial charge in [-0.3, -0.25) is 4.99 Å². The van der Waals surface area contributed by atoms with Crippen molar-refractivity contribution in [3.8, 4) is 0 Å². The summed E-state index contributed by atoms with van der Waals surface area (Å²) in [7, 11) is 0. The van der Waals surface area contributed by atoms with Crippen molar-refractivity contribution in [2.24, 2.45) is 10.9 Å². The van der Waals surface area contributed by atoms with Gasteiger partial charge in [0, 0.05) is 38.8 Å². The lowest BCUT2D eigenvalue weighted by Crippen LogP contribution is -2.52. The van der Waals surface area contributed by atoms with Gasteiger partial charge in [-0.15, -0.1) is 24.0 Å². The minimum Gasteiger partial charge on any atom is -0.444 e. The number of halogens is 1. The third-order valence-electron chi connectivity index (χ3n) is 5.02. The number of amides is 1. The van der Waals surface area contributed by atoms with E-state index in [9.17, 15) is 4.79 Å². The van der Waals surface area contributed by atoms with E-state index >= 15 is 0 Å². The standard InChI is InChI=1S/C21H40N4O3.HI/c1-6-22-19(23-12-15-27-7-2)24-13-10-18(11-14-24)25(16-17-8-9-17)20(26)28-21(3,4)5;/h17-18H,6-16H2,1-5H3,(H,22,23);1H. The lowest BCUT2D eigenvalue weighted by Gasteiger charge is -2.40. The monoisotopic (exact) mass is 524 g/mol. The van der Waals surface area contributed by atoms with Crippen LogP contribution in [0.1, 0.15) is 60.3 Å². The Morgan fingerprint density at radius 3 is 2.34 bits per heavy atom. The topological polar surface area (TPSA) is 66.4 Å². The molecule has 1 heterocycles. The van der Waals surface area contributed by atoms with Crippen molar-refractivity contribution < 1.29 is 14.3 Å². The van der Waals surface area contributed by atoms with Gasteiger partial charge in [-0.25, -0.2) is 4.79 Å². The number of piperidine rings is 1. The largest absolute Gasteiger partial charge is 0.444 e. The van der Waals surface area contributed by atoms with Gasteiger partial charge in [-0.05, 0) is 66.2 Å². The molecule has 2 rings (SSSR count). The number of guanidine groups is 1. The molecule has 0 aromatic rings. The molecule has 1 aliphatic heterocycles. The molecule has 0 radical (unpaired) electrons. The fourth-order valence-electron chi connectivity index (χ4n) is 3.45. The molecule has 7 nitrogen and oxygen atoms in total. The Morgan fingerprint density at radius 2 is 1.83 bits per heavy atom. The molecule has 8 heteroatoms. The van der Waals surface area contributed by atoms with E-state index in [2.05, 4.69) is 22.1 Å². The minimum absolute atomic E-state index is 0. The Bertz CT molecular complexity index is 513. The zero-order valence-electron chi connectivity index (χ0n) is 18.9. The summed E-state index contributed by atoms with van der Waals surface area (Å²) in [6.45, 7) is 15.4. The zero-order chi connectivity index (χ0) is 20.6. The van der Waals surface area contributed by atoms with Crippen LogP contribution in [0.15, 0.2) is 4.99 Å². The normalized spacial score (nSPS) is 18.2. The van der Waals surface area contributed by atoms with Crippen LogP contribution in [0, 0.1) is 5.92 Å². The summed E-state index contributed by atoms with van der Waals surface area (Å²) in [5.41, 5.74) is -0.453. The first-order valence-electron chi connectivity index (χ1n) is 10.9. The molecule has 0 unspecified atom stereocenters. The number of ether oxygens (including phenoxy) is 2. The molecule has 0 atom stereocenters. The molecule has 1 N–H and O–H groups in total. The van der Waals surface area contributed by atoms with Gasteiger partial charge in [0.05, 0.1) is 13.2 Å². The smallest absolute Gasteiger partial charge is 0.410 e. The minimum atomic E-state index is -0.453. The maximum atomic E-state index is 12.8. The molecule has 1 saturated heterocycles. The summed E-state index contributed by atoms with van der Waals surface area (Å²) < 4.78 is 11.1. The van der Waals surface area contributed by atoms with Crippen molar-refractivity contribution in [1.82, 2.24) is 15.1 Å². The fraction of sp³-hybridized carbons (Fsp3) is 0.905.